The van der Waals surface area contributed by atoms with E-state index in [1.54, 1.807) is 24.3 Å². The molecule has 5 N–H and O–H groups in total. The van der Waals surface area contributed by atoms with Crippen molar-refractivity contribution < 1.29 is 19.5 Å². The fraction of sp³-hybridized carbons (Fsp3) is 0.233. The Morgan fingerprint density at radius 3 is 2.05 bits per heavy atom. The predicted molar refractivity (Wildman–Crippen MR) is 144 cm³/mol. The number of ketones is 1. The van der Waals surface area contributed by atoms with Gasteiger partial charge in [0.25, 0.3) is 5.91 Å². The van der Waals surface area contributed by atoms with Crippen molar-refractivity contribution in [2.75, 3.05) is 18.5 Å². The average Bonchev–Trinajstić information content (AvgIpc) is 2.94. The van der Waals surface area contributed by atoms with E-state index in [1.165, 1.54) is 5.56 Å². The van der Waals surface area contributed by atoms with E-state index < -0.39 is 24.3 Å². The lowest BCUT2D eigenvalue weighted by atomic mass is 9.96. The minimum absolute atomic E-state index is 0.0238. The second-order valence-electron chi connectivity index (χ2n) is 8.69. The third-order valence-corrected chi connectivity index (χ3v) is 5.93. The maximum atomic E-state index is 12.3. The fourth-order valence-corrected chi connectivity index (χ4v) is 3.63. The third-order valence-electron chi connectivity index (χ3n) is 5.93. The largest absolute Gasteiger partial charge is 0.388 e. The van der Waals surface area contributed by atoms with Crippen LogP contribution in [0.3, 0.4) is 0 Å². The minimum Gasteiger partial charge on any atom is -0.388 e. The molecule has 0 aliphatic carbocycles. The van der Waals surface area contributed by atoms with E-state index >= 15 is 0 Å². The molecule has 0 aliphatic rings. The summed E-state index contributed by atoms with van der Waals surface area (Å²) in [5, 5.41) is 14.4. The summed E-state index contributed by atoms with van der Waals surface area (Å²) in [5.74, 6) is 5.39. The van der Waals surface area contributed by atoms with Crippen LogP contribution >= 0.6 is 0 Å². The molecule has 0 saturated heterocycles. The number of carbonyl (C=O) groups is 3. The number of hydrogen-bond donors (Lipinski definition) is 4. The number of aliphatic hydroxyl groups excluding tert-OH is 1. The highest BCUT2D eigenvalue weighted by Crippen LogP contribution is 2.20. The van der Waals surface area contributed by atoms with Gasteiger partial charge in [-0.2, -0.15) is 0 Å². The third kappa shape index (κ3) is 8.43. The summed E-state index contributed by atoms with van der Waals surface area (Å²) >= 11 is 0. The van der Waals surface area contributed by atoms with Crippen LogP contribution < -0.4 is 16.4 Å². The van der Waals surface area contributed by atoms with Gasteiger partial charge in [0.05, 0.1) is 0 Å². The number of nitrogens with two attached hydrogens (primary N) is 1. The Morgan fingerprint density at radius 2 is 1.49 bits per heavy atom. The number of benzene rings is 3. The molecule has 0 spiro atoms. The van der Waals surface area contributed by atoms with Crippen molar-refractivity contribution in [3.05, 3.63) is 101 Å². The lowest BCUT2D eigenvalue weighted by molar-refractivity contribution is -0.123. The highest BCUT2D eigenvalue weighted by molar-refractivity contribution is 5.98. The van der Waals surface area contributed by atoms with Gasteiger partial charge in [-0.3, -0.25) is 14.4 Å². The number of anilines is 1. The van der Waals surface area contributed by atoms with Crippen molar-refractivity contribution in [3.8, 4) is 11.8 Å². The van der Waals surface area contributed by atoms with Gasteiger partial charge < -0.3 is 21.5 Å². The van der Waals surface area contributed by atoms with Gasteiger partial charge in [-0.05, 0) is 66.4 Å². The van der Waals surface area contributed by atoms with Crippen LogP contribution in [0.4, 0.5) is 5.69 Å². The van der Waals surface area contributed by atoms with Gasteiger partial charge in [0.2, 0.25) is 5.91 Å². The zero-order valence-electron chi connectivity index (χ0n) is 20.7. The van der Waals surface area contributed by atoms with E-state index in [0.29, 0.717) is 29.2 Å². The lowest BCUT2D eigenvalue weighted by Gasteiger charge is -2.14. The Kier molecular flexibility index (Phi) is 10.1. The first kappa shape index (κ1) is 27.3. The molecule has 0 aliphatic heterocycles. The van der Waals surface area contributed by atoms with E-state index in [0.717, 1.165) is 12.0 Å². The Balaban J connectivity index is 1.51. The van der Waals surface area contributed by atoms with Gasteiger partial charge in [0, 0.05) is 35.3 Å². The maximum absolute atomic E-state index is 12.3. The Labute approximate surface area is 217 Å². The summed E-state index contributed by atoms with van der Waals surface area (Å²) in [5.41, 5.74) is 9.28. The molecule has 0 fully saturated rings. The molecule has 0 radical (unpaired) electrons. The lowest BCUT2D eigenvalue weighted by Crippen LogP contribution is -2.46. The molecule has 3 aromatic carbocycles. The molecule has 7 heteroatoms. The standard InChI is InChI=1S/C30H31N3O4/c1-21(24-5-3-2-4-6-24)7-18-29(36)32-26-16-12-23(13-17-26)9-8-22-10-14-25(15-11-22)30(37)33-27(19-31)28(35)20-34/h2-6,10-17,21,27,34H,7,18-20,31H2,1H3,(H,32,36)(H,33,37)/t21-,27+/m1/s1. The van der Waals surface area contributed by atoms with Crippen molar-refractivity contribution in [1.29, 1.82) is 0 Å². The van der Waals surface area contributed by atoms with Crippen LogP contribution in [0.15, 0.2) is 78.9 Å². The Morgan fingerprint density at radius 1 is 0.892 bits per heavy atom. The molecule has 0 bridgehead atoms. The number of carbonyl (C=O) groups excluding carboxylic acids is 3. The zero-order chi connectivity index (χ0) is 26.6. The van der Waals surface area contributed by atoms with E-state index in [4.69, 9.17) is 10.8 Å². The predicted octanol–water partition coefficient (Wildman–Crippen LogP) is 3.23. The first-order valence-electron chi connectivity index (χ1n) is 12.1. The number of amides is 2. The highest BCUT2D eigenvalue weighted by Gasteiger charge is 2.18. The molecule has 190 valence electrons. The van der Waals surface area contributed by atoms with Gasteiger partial charge in [-0.25, -0.2) is 0 Å². The van der Waals surface area contributed by atoms with E-state index in [9.17, 15) is 14.4 Å². The number of nitrogens with one attached hydrogen (secondary N) is 2. The van der Waals surface area contributed by atoms with E-state index in [1.807, 2.05) is 42.5 Å². The molecule has 0 heterocycles. The first-order valence-corrected chi connectivity index (χ1v) is 12.1. The number of aliphatic hydroxyl groups is 1. The van der Waals surface area contributed by atoms with Gasteiger partial charge >= 0.3 is 0 Å². The maximum Gasteiger partial charge on any atom is 0.251 e. The average molecular weight is 498 g/mol. The summed E-state index contributed by atoms with van der Waals surface area (Å²) in [6, 6.07) is 23.2. The first-order chi connectivity index (χ1) is 17.9. The molecule has 2 atom stereocenters. The molecule has 37 heavy (non-hydrogen) atoms. The molecule has 7 nitrogen and oxygen atoms in total. The summed E-state index contributed by atoms with van der Waals surface area (Å²) in [6.07, 6.45) is 1.21. The molecule has 0 saturated carbocycles. The number of rotatable bonds is 10. The Bertz CT molecular complexity index is 1260. The van der Waals surface area contributed by atoms with Crippen molar-refractivity contribution in [2.24, 2.45) is 5.73 Å². The summed E-state index contributed by atoms with van der Waals surface area (Å²) in [4.78, 5) is 36.2. The minimum atomic E-state index is -0.928. The summed E-state index contributed by atoms with van der Waals surface area (Å²) in [6.45, 7) is 1.35. The van der Waals surface area contributed by atoms with Gasteiger partial charge in [0.15, 0.2) is 5.78 Å². The van der Waals surface area contributed by atoms with Crippen molar-refractivity contribution in [3.63, 3.8) is 0 Å². The van der Waals surface area contributed by atoms with Crippen LogP contribution in [0.1, 0.15) is 52.7 Å². The smallest absolute Gasteiger partial charge is 0.251 e. The molecule has 3 rings (SSSR count). The molecule has 0 unspecified atom stereocenters. The monoisotopic (exact) mass is 497 g/mol. The topological polar surface area (TPSA) is 122 Å². The second kappa shape index (κ2) is 13.7. The normalized spacial score (nSPS) is 12.0. The van der Waals surface area contributed by atoms with Crippen LogP contribution in [-0.4, -0.2) is 41.9 Å². The van der Waals surface area contributed by atoms with E-state index in [-0.39, 0.29) is 12.5 Å². The van der Waals surface area contributed by atoms with E-state index in [2.05, 4.69) is 41.5 Å². The van der Waals surface area contributed by atoms with Crippen LogP contribution in [0, 0.1) is 11.8 Å². The SMILES string of the molecule is C[C@H](CCC(=O)Nc1ccc(C#Cc2ccc(C(=O)N[C@@H](CN)C(=O)CO)cc2)cc1)c1ccccc1. The van der Waals surface area contributed by atoms with Gasteiger partial charge in [-0.1, -0.05) is 49.1 Å². The fourth-order valence-electron chi connectivity index (χ4n) is 3.63. The summed E-state index contributed by atoms with van der Waals surface area (Å²) in [7, 11) is 0. The number of Topliss-reactive ketones (excluding diaryl/α,β-unsaturated/α-hetero) is 1. The van der Waals surface area contributed by atoms with Crippen LogP contribution in [0.5, 0.6) is 0 Å². The molecular weight excluding hydrogens is 466 g/mol. The number of hydrogen-bond acceptors (Lipinski definition) is 5. The summed E-state index contributed by atoms with van der Waals surface area (Å²) < 4.78 is 0. The van der Waals surface area contributed by atoms with Crippen LogP contribution in [0.2, 0.25) is 0 Å². The van der Waals surface area contributed by atoms with Crippen LogP contribution in [0.25, 0.3) is 0 Å². The molecule has 2 amide bonds. The van der Waals surface area contributed by atoms with Gasteiger partial charge in [0.1, 0.15) is 12.6 Å². The quantitative estimate of drug-likeness (QED) is 0.321. The van der Waals surface area contributed by atoms with Crippen LogP contribution in [-0.2, 0) is 9.59 Å². The highest BCUT2D eigenvalue weighted by atomic mass is 16.3. The molecule has 3 aromatic rings. The van der Waals surface area contributed by atoms with Crippen molar-refractivity contribution in [2.45, 2.75) is 31.7 Å². The molecular formula is C30H31N3O4. The van der Waals surface area contributed by atoms with Crippen molar-refractivity contribution >= 4 is 23.3 Å². The molecule has 0 aromatic heterocycles. The Hall–Kier alpha value is -4.25. The second-order valence-corrected chi connectivity index (χ2v) is 8.69. The van der Waals surface area contributed by atoms with Crippen molar-refractivity contribution in [1.82, 2.24) is 5.32 Å². The zero-order valence-corrected chi connectivity index (χ0v) is 20.7. The van der Waals surface area contributed by atoms with Gasteiger partial charge in [-0.15, -0.1) is 0 Å².